The van der Waals surface area contributed by atoms with Gasteiger partial charge in [0.15, 0.2) is 0 Å². The first kappa shape index (κ1) is 24.6. The molecule has 0 atom stereocenters. The van der Waals surface area contributed by atoms with Crippen LogP contribution in [0, 0.1) is 6.57 Å². The Labute approximate surface area is 205 Å². The summed E-state index contributed by atoms with van der Waals surface area (Å²) < 4.78 is 0. The predicted molar refractivity (Wildman–Crippen MR) is 136 cm³/mol. The van der Waals surface area contributed by atoms with Crippen LogP contribution in [-0.2, 0) is 4.79 Å². The van der Waals surface area contributed by atoms with Crippen LogP contribution in [0.3, 0.4) is 0 Å². The largest absolute Gasteiger partial charge is 0.403 e. The lowest BCUT2D eigenvalue weighted by Crippen LogP contribution is -2.43. The van der Waals surface area contributed by atoms with Gasteiger partial charge in [0.1, 0.15) is 12.8 Å². The summed E-state index contributed by atoms with van der Waals surface area (Å²) >= 11 is 0. The molecule has 1 aliphatic heterocycles. The number of hydrogen-bond donors (Lipinski definition) is 4. The molecule has 0 unspecified atom stereocenters. The molecular weight excluding hydrogens is 444 g/mol. The van der Waals surface area contributed by atoms with E-state index in [-0.39, 0.29) is 30.8 Å². The third kappa shape index (κ3) is 6.15. The summed E-state index contributed by atoms with van der Waals surface area (Å²) in [7, 11) is 0. The number of H-pyrrole nitrogens is 1. The molecule has 4 rings (SSSR count). The maximum absolute atomic E-state index is 12.8. The number of benzene rings is 1. The van der Waals surface area contributed by atoms with Crippen molar-refractivity contribution in [3.8, 4) is 6.57 Å². The van der Waals surface area contributed by atoms with Crippen molar-refractivity contribution in [2.24, 2.45) is 0 Å². The maximum atomic E-state index is 12.8. The molecule has 1 saturated heterocycles. The molecule has 2 aromatic rings. The molecule has 2 heterocycles. The highest BCUT2D eigenvalue weighted by molar-refractivity contribution is 6.03. The van der Waals surface area contributed by atoms with Gasteiger partial charge in [0, 0.05) is 30.9 Å². The number of allylic oxidation sites excluding steroid dienone is 2. The Balaban J connectivity index is 1.48. The fourth-order valence-corrected chi connectivity index (χ4v) is 4.80. The highest BCUT2D eigenvalue weighted by atomic mass is 16.3. The van der Waals surface area contributed by atoms with Crippen molar-refractivity contribution in [1.82, 2.24) is 20.2 Å². The number of nitrogens with zero attached hydrogens (tertiary/aromatic N) is 3. The summed E-state index contributed by atoms with van der Waals surface area (Å²) in [4.78, 5) is 37.4. The molecule has 9 heteroatoms. The van der Waals surface area contributed by atoms with Crippen LogP contribution in [0.15, 0.2) is 30.5 Å². The van der Waals surface area contributed by atoms with Gasteiger partial charge in [0.25, 0.3) is 5.82 Å². The number of aliphatic hydroxyl groups is 1. The molecule has 35 heavy (non-hydrogen) atoms. The summed E-state index contributed by atoms with van der Waals surface area (Å²) in [6, 6.07) is 6.27. The SMILES string of the molecule is C#[N+]c1cnc(C(=O)Nc2ccc(C3CCN(C(=O)CNCCO)CC3)cc2C2=CCCCC2)[nH]1. The van der Waals surface area contributed by atoms with Gasteiger partial charge < -0.3 is 20.6 Å². The van der Waals surface area contributed by atoms with Crippen molar-refractivity contribution in [2.45, 2.75) is 44.4 Å². The number of anilines is 1. The number of aromatic nitrogens is 2. The lowest BCUT2D eigenvalue weighted by molar-refractivity contribution is -0.131. The van der Waals surface area contributed by atoms with Crippen molar-refractivity contribution in [1.29, 1.82) is 0 Å². The van der Waals surface area contributed by atoms with Crippen LogP contribution in [0.2, 0.25) is 0 Å². The van der Waals surface area contributed by atoms with Crippen molar-refractivity contribution in [3.63, 3.8) is 0 Å². The third-order valence-corrected chi connectivity index (χ3v) is 6.73. The molecule has 0 radical (unpaired) electrons. The van der Waals surface area contributed by atoms with Gasteiger partial charge in [-0.25, -0.2) is 9.97 Å². The second-order valence-electron chi connectivity index (χ2n) is 9.04. The number of carbonyl (C=O) groups excluding carboxylic acids is 2. The molecule has 2 aliphatic rings. The first-order valence-electron chi connectivity index (χ1n) is 12.3. The number of rotatable bonds is 8. The van der Waals surface area contributed by atoms with Crippen LogP contribution in [0.5, 0.6) is 0 Å². The molecule has 1 aliphatic carbocycles. The molecule has 1 fully saturated rings. The number of carbonyl (C=O) groups is 2. The topological polar surface area (TPSA) is 115 Å². The molecule has 9 nitrogen and oxygen atoms in total. The Hall–Kier alpha value is -3.48. The monoisotopic (exact) mass is 477 g/mol. The van der Waals surface area contributed by atoms with Crippen molar-refractivity contribution in [3.05, 3.63) is 52.3 Å². The van der Waals surface area contributed by atoms with Gasteiger partial charge in [-0.15, -0.1) is 0 Å². The minimum absolute atomic E-state index is 0.0244. The third-order valence-electron chi connectivity index (χ3n) is 6.73. The minimum atomic E-state index is -0.341. The number of nitrogens with one attached hydrogen (secondary N) is 3. The van der Waals surface area contributed by atoms with E-state index in [1.54, 1.807) is 0 Å². The van der Waals surface area contributed by atoms with Gasteiger partial charge >= 0.3 is 11.7 Å². The number of piperidine rings is 1. The Morgan fingerprint density at radius 3 is 2.77 bits per heavy atom. The molecule has 0 saturated carbocycles. The Bertz CT molecular complexity index is 1120. The first-order valence-corrected chi connectivity index (χ1v) is 12.3. The number of amides is 2. The van der Waals surface area contributed by atoms with E-state index in [1.807, 2.05) is 11.0 Å². The van der Waals surface area contributed by atoms with Crippen molar-refractivity contribution < 1.29 is 14.7 Å². The quantitative estimate of drug-likeness (QED) is 0.435. The molecule has 1 aromatic carbocycles. The number of aromatic amines is 1. The van der Waals surface area contributed by atoms with E-state index in [2.05, 4.69) is 43.7 Å². The molecule has 0 spiro atoms. The Morgan fingerprint density at radius 2 is 2.09 bits per heavy atom. The van der Waals surface area contributed by atoms with Crippen LogP contribution >= 0.6 is 0 Å². The lowest BCUT2D eigenvalue weighted by Gasteiger charge is -2.33. The van der Waals surface area contributed by atoms with Crippen LogP contribution in [0.1, 0.15) is 66.2 Å². The highest BCUT2D eigenvalue weighted by Gasteiger charge is 2.25. The fourth-order valence-electron chi connectivity index (χ4n) is 4.80. The lowest BCUT2D eigenvalue weighted by atomic mass is 9.85. The molecule has 184 valence electrons. The summed E-state index contributed by atoms with van der Waals surface area (Å²) in [5, 5.41) is 14.8. The smallest absolute Gasteiger partial charge is 0.395 e. The summed E-state index contributed by atoms with van der Waals surface area (Å²) in [5.74, 6) is 0.594. The molecule has 4 N–H and O–H groups in total. The van der Waals surface area contributed by atoms with E-state index in [1.165, 1.54) is 23.8 Å². The average molecular weight is 478 g/mol. The van der Waals surface area contributed by atoms with Crippen LogP contribution in [0.25, 0.3) is 10.4 Å². The van der Waals surface area contributed by atoms with Gasteiger partial charge in [-0.05, 0) is 67.7 Å². The molecule has 0 bridgehead atoms. The standard InChI is InChI=1S/C26H32N6O3/c1-27-23-16-29-25(31-23)26(35)30-22-8-7-20(15-21(22)19-5-3-2-4-6-19)18-9-12-32(13-10-18)24(34)17-28-11-14-33/h1,5,7-8,15-16,18,28,33H,2-4,6,9-14,17H2,(H-,29,30,31,35)/p+1. The van der Waals surface area contributed by atoms with E-state index >= 15 is 0 Å². The van der Waals surface area contributed by atoms with Gasteiger partial charge in [0.2, 0.25) is 5.91 Å². The number of hydrogen-bond acceptors (Lipinski definition) is 5. The van der Waals surface area contributed by atoms with Gasteiger partial charge in [-0.2, -0.15) is 4.85 Å². The van der Waals surface area contributed by atoms with Crippen LogP contribution in [0.4, 0.5) is 11.5 Å². The molecule has 1 aromatic heterocycles. The van der Waals surface area contributed by atoms with Gasteiger partial charge in [0.05, 0.1) is 13.2 Å². The van der Waals surface area contributed by atoms with Gasteiger partial charge in [-0.3, -0.25) is 9.59 Å². The van der Waals surface area contributed by atoms with E-state index in [0.29, 0.717) is 31.4 Å². The Morgan fingerprint density at radius 1 is 1.26 bits per heavy atom. The molecular formula is C26H33N6O3+. The summed E-state index contributed by atoms with van der Waals surface area (Å²) in [6.45, 7) is 7.40. The minimum Gasteiger partial charge on any atom is -0.395 e. The Kier molecular flexibility index (Phi) is 8.29. The number of likely N-dealkylation sites (tertiary alicyclic amines) is 1. The summed E-state index contributed by atoms with van der Waals surface area (Å²) in [5.41, 5.74) is 4.31. The second-order valence-corrected chi connectivity index (χ2v) is 9.04. The van der Waals surface area contributed by atoms with Crippen LogP contribution < -0.4 is 10.6 Å². The number of aliphatic hydroxyl groups excluding tert-OH is 1. The molecule has 2 amide bonds. The normalized spacial score (nSPS) is 16.5. The number of imidazole rings is 1. The maximum Gasteiger partial charge on any atom is 0.403 e. The van der Waals surface area contributed by atoms with E-state index in [4.69, 9.17) is 11.7 Å². The van der Waals surface area contributed by atoms with Crippen LogP contribution in [-0.4, -0.2) is 64.6 Å². The first-order chi connectivity index (χ1) is 17.1. The zero-order valence-corrected chi connectivity index (χ0v) is 19.9. The van der Waals surface area contributed by atoms with E-state index in [9.17, 15) is 9.59 Å². The zero-order valence-electron chi connectivity index (χ0n) is 19.9. The highest BCUT2D eigenvalue weighted by Crippen LogP contribution is 2.36. The predicted octanol–water partition coefficient (Wildman–Crippen LogP) is 3.50. The second kappa shape index (κ2) is 11.8. The fraction of sp³-hybridized carbons (Fsp3) is 0.462. The average Bonchev–Trinajstić information content (AvgIpc) is 3.39. The zero-order chi connectivity index (χ0) is 24.6. The van der Waals surface area contributed by atoms with Crippen molar-refractivity contribution in [2.75, 3.05) is 38.1 Å². The van der Waals surface area contributed by atoms with E-state index in [0.717, 1.165) is 43.4 Å². The van der Waals surface area contributed by atoms with E-state index < -0.39 is 0 Å². The van der Waals surface area contributed by atoms with Crippen molar-refractivity contribution >= 4 is 28.9 Å². The van der Waals surface area contributed by atoms with Gasteiger partial charge in [-0.1, -0.05) is 12.1 Å². The summed E-state index contributed by atoms with van der Waals surface area (Å²) in [6.07, 6.45) is 9.82.